The molecule has 1 saturated heterocycles. The molecule has 6 nitrogen and oxygen atoms in total. The fourth-order valence-corrected chi connectivity index (χ4v) is 3.59. The number of ether oxygens (including phenoxy) is 2. The number of para-hydroxylation sites is 2. The Morgan fingerprint density at radius 2 is 2.12 bits per heavy atom. The molecule has 1 fully saturated rings. The summed E-state index contributed by atoms with van der Waals surface area (Å²) in [6.07, 6.45) is 6.46. The summed E-state index contributed by atoms with van der Waals surface area (Å²) in [5.41, 5.74) is 1.13. The Hall–Kier alpha value is -2.50. The highest BCUT2D eigenvalue weighted by atomic mass is 16.6. The normalized spacial score (nSPS) is 22.7. The molecule has 4 rings (SSSR count). The predicted molar refractivity (Wildman–Crippen MR) is 92.7 cm³/mol. The lowest BCUT2D eigenvalue weighted by Crippen LogP contribution is -2.53. The fraction of sp³-hybridized carbons (Fsp3) is 0.474. The molecule has 6 heteroatoms. The number of carbonyl (C=O) groups excluding carboxylic acids is 1. The highest BCUT2D eigenvalue weighted by Crippen LogP contribution is 2.32. The van der Waals surface area contributed by atoms with Crippen LogP contribution in [-0.2, 0) is 11.3 Å². The van der Waals surface area contributed by atoms with Crippen LogP contribution in [0.5, 0.6) is 11.5 Å². The zero-order chi connectivity index (χ0) is 17.2. The third-order valence-corrected chi connectivity index (χ3v) is 4.85. The van der Waals surface area contributed by atoms with Gasteiger partial charge >= 0.3 is 0 Å². The van der Waals surface area contributed by atoms with Crippen molar-refractivity contribution < 1.29 is 14.3 Å². The van der Waals surface area contributed by atoms with Gasteiger partial charge in [0, 0.05) is 12.7 Å². The van der Waals surface area contributed by atoms with Crippen LogP contribution >= 0.6 is 0 Å². The van der Waals surface area contributed by atoms with E-state index in [9.17, 15) is 4.79 Å². The summed E-state index contributed by atoms with van der Waals surface area (Å²) in [6, 6.07) is 7.64. The van der Waals surface area contributed by atoms with Crippen LogP contribution in [0, 0.1) is 6.92 Å². The first kappa shape index (κ1) is 16.0. The van der Waals surface area contributed by atoms with Gasteiger partial charge in [-0.1, -0.05) is 12.1 Å². The van der Waals surface area contributed by atoms with Crippen molar-refractivity contribution in [2.75, 3.05) is 13.2 Å². The second-order valence-corrected chi connectivity index (χ2v) is 6.79. The number of aromatic nitrogens is 2. The van der Waals surface area contributed by atoms with E-state index in [4.69, 9.17) is 9.47 Å². The van der Waals surface area contributed by atoms with Gasteiger partial charge in [-0.15, -0.1) is 0 Å². The summed E-state index contributed by atoms with van der Waals surface area (Å²) >= 11 is 0. The van der Waals surface area contributed by atoms with Gasteiger partial charge in [0.1, 0.15) is 6.61 Å². The molecule has 2 aliphatic rings. The SMILES string of the molecule is Cc1cnn(C[C@H]2CCCCN2C(=O)[C@@H]2COc3ccccc3O2)c1. The van der Waals surface area contributed by atoms with Crippen molar-refractivity contribution in [2.24, 2.45) is 0 Å². The van der Waals surface area contributed by atoms with Gasteiger partial charge in [0.15, 0.2) is 11.5 Å². The quantitative estimate of drug-likeness (QED) is 0.860. The predicted octanol–water partition coefficient (Wildman–Crippen LogP) is 2.41. The third kappa shape index (κ3) is 3.34. The van der Waals surface area contributed by atoms with Crippen LogP contribution < -0.4 is 9.47 Å². The van der Waals surface area contributed by atoms with Crippen LogP contribution in [0.25, 0.3) is 0 Å². The average molecular weight is 341 g/mol. The Bertz CT molecular complexity index is 758. The van der Waals surface area contributed by atoms with E-state index in [0.717, 1.165) is 37.9 Å². The van der Waals surface area contributed by atoms with Crippen LogP contribution in [0.3, 0.4) is 0 Å². The van der Waals surface area contributed by atoms with E-state index in [-0.39, 0.29) is 18.6 Å². The number of aryl methyl sites for hydroxylation is 1. The second kappa shape index (κ2) is 6.78. The Kier molecular flexibility index (Phi) is 4.34. The highest BCUT2D eigenvalue weighted by Gasteiger charge is 2.35. The number of hydrogen-bond acceptors (Lipinski definition) is 4. The van der Waals surface area contributed by atoms with E-state index >= 15 is 0 Å². The molecular formula is C19H23N3O3. The maximum absolute atomic E-state index is 13.1. The average Bonchev–Trinajstić information content (AvgIpc) is 3.06. The van der Waals surface area contributed by atoms with Crippen molar-refractivity contribution in [3.05, 3.63) is 42.2 Å². The van der Waals surface area contributed by atoms with E-state index in [0.29, 0.717) is 11.5 Å². The van der Waals surface area contributed by atoms with Crippen molar-refractivity contribution in [3.8, 4) is 11.5 Å². The van der Waals surface area contributed by atoms with Crippen LogP contribution in [0.4, 0.5) is 0 Å². The number of amides is 1. The molecule has 0 N–H and O–H groups in total. The number of carbonyl (C=O) groups is 1. The van der Waals surface area contributed by atoms with E-state index in [1.165, 1.54) is 0 Å². The van der Waals surface area contributed by atoms with Gasteiger partial charge in [-0.05, 0) is 43.9 Å². The van der Waals surface area contributed by atoms with E-state index < -0.39 is 6.10 Å². The molecule has 0 aliphatic carbocycles. The van der Waals surface area contributed by atoms with Gasteiger partial charge in [0.25, 0.3) is 5.91 Å². The van der Waals surface area contributed by atoms with E-state index in [1.54, 1.807) is 0 Å². The van der Waals surface area contributed by atoms with Gasteiger partial charge < -0.3 is 14.4 Å². The smallest absolute Gasteiger partial charge is 0.267 e. The minimum absolute atomic E-state index is 0.0167. The Morgan fingerprint density at radius 1 is 1.28 bits per heavy atom. The highest BCUT2D eigenvalue weighted by molar-refractivity contribution is 5.82. The van der Waals surface area contributed by atoms with Crippen LogP contribution in [0.15, 0.2) is 36.7 Å². The van der Waals surface area contributed by atoms with Gasteiger partial charge in [-0.3, -0.25) is 9.48 Å². The molecular weight excluding hydrogens is 318 g/mol. The molecule has 0 radical (unpaired) electrons. The molecule has 3 heterocycles. The molecule has 1 aromatic heterocycles. The monoisotopic (exact) mass is 341 g/mol. The number of fused-ring (bicyclic) bond motifs is 1. The zero-order valence-electron chi connectivity index (χ0n) is 14.4. The second-order valence-electron chi connectivity index (χ2n) is 6.79. The molecule has 2 aromatic rings. The summed E-state index contributed by atoms with van der Waals surface area (Å²) in [7, 11) is 0. The van der Waals surface area contributed by atoms with Crippen molar-refractivity contribution in [2.45, 2.75) is 44.9 Å². The van der Waals surface area contributed by atoms with Crippen molar-refractivity contribution >= 4 is 5.91 Å². The molecule has 0 spiro atoms. The van der Waals surface area contributed by atoms with Crippen LogP contribution in [-0.4, -0.2) is 45.9 Å². The number of hydrogen-bond donors (Lipinski definition) is 0. The number of nitrogens with zero attached hydrogens (tertiary/aromatic N) is 3. The minimum atomic E-state index is -0.574. The fourth-order valence-electron chi connectivity index (χ4n) is 3.59. The third-order valence-electron chi connectivity index (χ3n) is 4.85. The first-order valence-electron chi connectivity index (χ1n) is 8.89. The number of benzene rings is 1. The molecule has 0 saturated carbocycles. The topological polar surface area (TPSA) is 56.6 Å². The Labute approximate surface area is 147 Å². The summed E-state index contributed by atoms with van der Waals surface area (Å²) in [4.78, 5) is 15.0. The van der Waals surface area contributed by atoms with Crippen LogP contribution in [0.1, 0.15) is 24.8 Å². The van der Waals surface area contributed by atoms with E-state index in [2.05, 4.69) is 5.10 Å². The molecule has 1 amide bonds. The maximum atomic E-state index is 13.1. The van der Waals surface area contributed by atoms with Gasteiger partial charge in [0.05, 0.1) is 18.8 Å². The number of piperidine rings is 1. The molecule has 2 atom stereocenters. The lowest BCUT2D eigenvalue weighted by Gasteiger charge is -2.38. The van der Waals surface area contributed by atoms with Crippen molar-refractivity contribution in [1.29, 1.82) is 0 Å². The summed E-state index contributed by atoms with van der Waals surface area (Å²) in [5, 5.41) is 4.37. The first-order chi connectivity index (χ1) is 12.2. The van der Waals surface area contributed by atoms with Gasteiger partial charge in [-0.25, -0.2) is 0 Å². The summed E-state index contributed by atoms with van der Waals surface area (Å²) < 4.78 is 13.6. The van der Waals surface area contributed by atoms with Crippen molar-refractivity contribution in [1.82, 2.24) is 14.7 Å². The first-order valence-corrected chi connectivity index (χ1v) is 8.89. The lowest BCUT2D eigenvalue weighted by molar-refractivity contribution is -0.145. The molecule has 2 aliphatic heterocycles. The van der Waals surface area contributed by atoms with Gasteiger partial charge in [0.2, 0.25) is 6.10 Å². The molecule has 25 heavy (non-hydrogen) atoms. The minimum Gasteiger partial charge on any atom is -0.485 e. The number of likely N-dealkylation sites (tertiary alicyclic amines) is 1. The van der Waals surface area contributed by atoms with Crippen LogP contribution in [0.2, 0.25) is 0 Å². The van der Waals surface area contributed by atoms with Crippen molar-refractivity contribution in [3.63, 3.8) is 0 Å². The summed E-state index contributed by atoms with van der Waals surface area (Å²) in [5.74, 6) is 1.36. The zero-order valence-corrected chi connectivity index (χ0v) is 14.4. The molecule has 0 unspecified atom stereocenters. The molecule has 0 bridgehead atoms. The standard InChI is InChI=1S/C19H23N3O3/c1-14-10-20-21(11-14)12-15-6-4-5-9-22(15)19(23)18-13-24-16-7-2-3-8-17(16)25-18/h2-3,7-8,10-11,15,18H,4-6,9,12-13H2,1H3/t15-,18+/m1/s1. The Morgan fingerprint density at radius 3 is 2.92 bits per heavy atom. The van der Waals surface area contributed by atoms with E-state index in [1.807, 2.05) is 53.2 Å². The summed E-state index contributed by atoms with van der Waals surface area (Å²) in [6.45, 7) is 3.78. The number of rotatable bonds is 3. The maximum Gasteiger partial charge on any atom is 0.267 e. The van der Waals surface area contributed by atoms with Gasteiger partial charge in [-0.2, -0.15) is 5.10 Å². The Balaban J connectivity index is 1.47. The largest absolute Gasteiger partial charge is 0.485 e. The molecule has 132 valence electrons. The lowest BCUT2D eigenvalue weighted by atomic mass is 10.0. The molecule has 1 aromatic carbocycles.